The van der Waals surface area contributed by atoms with Crippen LogP contribution in [0.2, 0.25) is 0 Å². The van der Waals surface area contributed by atoms with E-state index in [-0.39, 0.29) is 0 Å². The van der Waals surface area contributed by atoms with E-state index in [2.05, 4.69) is 97.1 Å². The van der Waals surface area contributed by atoms with Crippen molar-refractivity contribution in [3.05, 3.63) is 119 Å². The minimum Gasteiger partial charge on any atom is -0.0619 e. The molecule has 4 aromatic rings. The Bertz CT molecular complexity index is 1590. The zero-order valence-corrected chi connectivity index (χ0v) is 30.3. The molecule has 0 nitrogen and oxygen atoms in total. The summed E-state index contributed by atoms with van der Waals surface area (Å²) in [5, 5.41) is 0. The number of hydrogen-bond acceptors (Lipinski definition) is 0. The van der Waals surface area contributed by atoms with E-state index < -0.39 is 0 Å². The smallest absolute Gasteiger partial charge is 0.0130 e. The van der Waals surface area contributed by atoms with Crippen LogP contribution in [0.5, 0.6) is 0 Å². The third kappa shape index (κ3) is 5.54. The van der Waals surface area contributed by atoms with Crippen LogP contribution < -0.4 is 0 Å². The Morgan fingerprint density at radius 2 is 0.480 bits per heavy atom. The molecule has 4 fully saturated rings. The molecule has 50 heavy (non-hydrogen) atoms. The van der Waals surface area contributed by atoms with Crippen LogP contribution in [-0.2, 0) is 0 Å². The first kappa shape index (κ1) is 31.6. The van der Waals surface area contributed by atoms with Gasteiger partial charge in [-0.15, -0.1) is 0 Å². The molecule has 10 rings (SSSR count). The van der Waals surface area contributed by atoms with Crippen LogP contribution in [0.4, 0.5) is 0 Å². The van der Waals surface area contributed by atoms with Gasteiger partial charge in [0.1, 0.15) is 0 Å². The van der Waals surface area contributed by atoms with E-state index in [9.17, 15) is 0 Å². The van der Waals surface area contributed by atoms with Gasteiger partial charge in [0.15, 0.2) is 0 Å². The van der Waals surface area contributed by atoms with Crippen molar-refractivity contribution in [1.82, 2.24) is 0 Å². The van der Waals surface area contributed by atoms with Crippen molar-refractivity contribution in [2.45, 2.75) is 115 Å². The van der Waals surface area contributed by atoms with Crippen molar-refractivity contribution in [2.24, 2.45) is 47.3 Å². The molecule has 0 N–H and O–H groups in total. The second-order valence-corrected chi connectivity index (χ2v) is 18.1. The minimum atomic E-state index is 0.620. The summed E-state index contributed by atoms with van der Waals surface area (Å²) in [5.41, 5.74) is 12.6. The summed E-state index contributed by atoms with van der Waals surface area (Å²) in [6.45, 7) is 0. The van der Waals surface area contributed by atoms with Crippen LogP contribution in [0.3, 0.4) is 0 Å². The lowest BCUT2D eigenvalue weighted by molar-refractivity contribution is 0.0632. The summed E-state index contributed by atoms with van der Waals surface area (Å²) < 4.78 is 0. The zero-order chi connectivity index (χ0) is 33.0. The van der Waals surface area contributed by atoms with E-state index in [4.69, 9.17) is 0 Å². The summed E-state index contributed by atoms with van der Waals surface area (Å²) in [5.74, 6) is 8.72. The van der Waals surface area contributed by atoms with E-state index in [1.165, 1.54) is 112 Å². The van der Waals surface area contributed by atoms with Crippen LogP contribution in [0, 0.1) is 47.3 Å². The van der Waals surface area contributed by atoms with Gasteiger partial charge in [-0.3, -0.25) is 0 Å². The maximum atomic E-state index is 2.46. The molecule has 0 saturated heterocycles. The van der Waals surface area contributed by atoms with Gasteiger partial charge in [0.25, 0.3) is 0 Å². The van der Waals surface area contributed by atoms with Crippen molar-refractivity contribution >= 4 is 0 Å². The average Bonchev–Trinajstić information content (AvgIpc) is 3.71. The Morgan fingerprint density at radius 1 is 0.260 bits per heavy atom. The van der Waals surface area contributed by atoms with Crippen molar-refractivity contribution in [3.8, 4) is 22.3 Å². The fourth-order valence-electron chi connectivity index (χ4n) is 13.6. The summed E-state index contributed by atoms with van der Waals surface area (Å²) in [7, 11) is 0. The molecule has 4 aromatic carbocycles. The maximum Gasteiger partial charge on any atom is 0.0130 e. The normalized spacial score (nSPS) is 32.6. The van der Waals surface area contributed by atoms with E-state index in [1.54, 1.807) is 35.1 Å². The molecule has 0 heterocycles. The third-order valence-corrected chi connectivity index (χ3v) is 15.7. The first-order valence-corrected chi connectivity index (χ1v) is 21.2. The summed E-state index contributed by atoms with van der Waals surface area (Å²) in [4.78, 5) is 0. The molecule has 4 saturated carbocycles. The second kappa shape index (κ2) is 13.5. The van der Waals surface area contributed by atoms with Gasteiger partial charge in [-0.1, -0.05) is 161 Å². The Hall–Kier alpha value is -3.12. The predicted molar refractivity (Wildman–Crippen MR) is 209 cm³/mol. The van der Waals surface area contributed by atoms with Crippen molar-refractivity contribution in [1.29, 1.82) is 0 Å². The lowest BCUT2D eigenvalue weighted by Crippen LogP contribution is -2.34. The molecule has 0 bridgehead atoms. The van der Waals surface area contributed by atoms with Gasteiger partial charge in [-0.2, -0.15) is 0 Å². The highest BCUT2D eigenvalue weighted by molar-refractivity contribution is 5.79. The highest BCUT2D eigenvalue weighted by atomic mass is 14.5. The molecule has 0 aromatic heterocycles. The van der Waals surface area contributed by atoms with Crippen molar-refractivity contribution in [2.75, 3.05) is 0 Å². The van der Waals surface area contributed by atoms with Gasteiger partial charge in [-0.05, 0) is 130 Å². The molecule has 8 unspecified atom stereocenters. The Balaban J connectivity index is 0.812. The predicted octanol–water partition coefficient (Wildman–Crippen LogP) is 13.8. The zero-order valence-electron chi connectivity index (χ0n) is 30.3. The minimum absolute atomic E-state index is 0.620. The lowest BCUT2D eigenvalue weighted by Gasteiger charge is -2.45. The Labute approximate surface area is 302 Å². The molecule has 0 aliphatic heterocycles. The summed E-state index contributed by atoms with van der Waals surface area (Å²) >= 11 is 0. The van der Waals surface area contributed by atoms with Crippen LogP contribution in [0.1, 0.15) is 137 Å². The molecular weight excluding hydrogens is 601 g/mol. The summed E-state index contributed by atoms with van der Waals surface area (Å²) in [6, 6.07) is 37.6. The molecule has 0 radical (unpaired) electrons. The number of rotatable bonds is 5. The van der Waals surface area contributed by atoms with Gasteiger partial charge < -0.3 is 0 Å². The third-order valence-electron chi connectivity index (χ3n) is 15.7. The molecule has 6 aliphatic carbocycles. The molecule has 0 heteroatoms. The number of fused-ring (bicyclic) bond motifs is 6. The fraction of sp³-hybridized carbons (Fsp3) is 0.520. The monoisotopic (exact) mass is 658 g/mol. The first-order valence-electron chi connectivity index (χ1n) is 21.2. The molecule has 0 amide bonds. The topological polar surface area (TPSA) is 0 Å². The first-order chi connectivity index (χ1) is 24.8. The van der Waals surface area contributed by atoms with Crippen LogP contribution >= 0.6 is 0 Å². The molecule has 0 spiro atoms. The SMILES string of the molecule is c1ccc2c(c1)-c1ccccc1C2C1CCCC(C2CCCC(C3CCCC(C4CCCC(C5c6ccccc6-c6ccccc65)C4)C3)C2)C1. The highest BCUT2D eigenvalue weighted by Gasteiger charge is 2.43. The van der Waals surface area contributed by atoms with Crippen molar-refractivity contribution in [3.63, 3.8) is 0 Å². The van der Waals surface area contributed by atoms with Gasteiger partial charge in [0, 0.05) is 11.8 Å². The van der Waals surface area contributed by atoms with Gasteiger partial charge in [0.05, 0.1) is 0 Å². The Kier molecular flexibility index (Phi) is 8.50. The van der Waals surface area contributed by atoms with E-state index >= 15 is 0 Å². The van der Waals surface area contributed by atoms with Gasteiger partial charge in [0.2, 0.25) is 0 Å². The van der Waals surface area contributed by atoms with Gasteiger partial charge in [-0.25, -0.2) is 0 Å². The van der Waals surface area contributed by atoms with E-state index in [0.29, 0.717) is 11.8 Å². The Morgan fingerprint density at radius 3 is 0.760 bits per heavy atom. The standard InChI is InChI=1S/C50H58/c1-5-25-45-41(21-1)42-22-2-6-26-46(42)49(45)39-19-11-17-37(31-39)35-15-9-13-33(29-35)34-14-10-16-36(30-34)38-18-12-20-40(32-38)50-47-27-7-3-23-43(47)44-24-4-8-28-48(44)50/h1-8,21-28,33-40,49-50H,9-20,29-32H2. The fourth-order valence-corrected chi connectivity index (χ4v) is 13.6. The number of hydrogen-bond donors (Lipinski definition) is 0. The summed E-state index contributed by atoms with van der Waals surface area (Å²) in [6.07, 6.45) is 23.8. The quantitative estimate of drug-likeness (QED) is 0.200. The van der Waals surface area contributed by atoms with E-state index in [0.717, 1.165) is 47.3 Å². The van der Waals surface area contributed by atoms with E-state index in [1.807, 2.05) is 0 Å². The molecular formula is C50H58. The highest BCUT2D eigenvalue weighted by Crippen LogP contribution is 2.56. The van der Waals surface area contributed by atoms with Crippen LogP contribution in [-0.4, -0.2) is 0 Å². The molecule has 258 valence electrons. The van der Waals surface area contributed by atoms with Crippen LogP contribution in [0.15, 0.2) is 97.1 Å². The van der Waals surface area contributed by atoms with Gasteiger partial charge >= 0.3 is 0 Å². The second-order valence-electron chi connectivity index (χ2n) is 18.1. The van der Waals surface area contributed by atoms with Crippen LogP contribution in [0.25, 0.3) is 22.3 Å². The lowest BCUT2D eigenvalue weighted by atomic mass is 9.60. The average molecular weight is 659 g/mol. The largest absolute Gasteiger partial charge is 0.0619 e. The molecule has 6 aliphatic rings. The number of benzene rings is 4. The maximum absolute atomic E-state index is 2.46. The van der Waals surface area contributed by atoms with Crippen molar-refractivity contribution < 1.29 is 0 Å². The molecule has 8 atom stereocenters.